The summed E-state index contributed by atoms with van der Waals surface area (Å²) in [5.41, 5.74) is -0.924. The lowest BCUT2D eigenvalue weighted by Crippen LogP contribution is -2.39. The van der Waals surface area contributed by atoms with Gasteiger partial charge in [-0.15, -0.1) is 0 Å². The highest BCUT2D eigenvalue weighted by Gasteiger charge is 2.26. The van der Waals surface area contributed by atoms with E-state index in [0.717, 1.165) is 6.54 Å². The van der Waals surface area contributed by atoms with E-state index < -0.39 is 5.41 Å². The molecular formula is C9H17N3O. The minimum Gasteiger partial charge on any atom is -0.353 e. The van der Waals surface area contributed by atoms with Crippen molar-refractivity contribution in [3.05, 3.63) is 0 Å². The van der Waals surface area contributed by atoms with Crippen molar-refractivity contribution in [1.82, 2.24) is 10.2 Å². The van der Waals surface area contributed by atoms with Crippen molar-refractivity contribution in [2.24, 2.45) is 5.41 Å². The third-order valence-electron chi connectivity index (χ3n) is 1.69. The molecule has 4 nitrogen and oxygen atoms in total. The van der Waals surface area contributed by atoms with Crippen molar-refractivity contribution in [3.8, 4) is 6.07 Å². The van der Waals surface area contributed by atoms with Gasteiger partial charge in [-0.3, -0.25) is 4.79 Å². The van der Waals surface area contributed by atoms with Gasteiger partial charge in [0.05, 0.1) is 6.07 Å². The Morgan fingerprint density at radius 2 is 2.08 bits per heavy atom. The maximum atomic E-state index is 11.3. The summed E-state index contributed by atoms with van der Waals surface area (Å²) >= 11 is 0. The van der Waals surface area contributed by atoms with E-state index in [2.05, 4.69) is 5.32 Å². The molecule has 0 aliphatic heterocycles. The van der Waals surface area contributed by atoms with Gasteiger partial charge < -0.3 is 10.2 Å². The highest BCUT2D eigenvalue weighted by molar-refractivity contribution is 5.84. The van der Waals surface area contributed by atoms with E-state index in [4.69, 9.17) is 5.26 Å². The molecule has 0 saturated heterocycles. The van der Waals surface area contributed by atoms with Crippen LogP contribution >= 0.6 is 0 Å². The second-order valence-electron chi connectivity index (χ2n) is 3.80. The summed E-state index contributed by atoms with van der Waals surface area (Å²) in [6.45, 7) is 4.58. The largest absolute Gasteiger partial charge is 0.353 e. The molecule has 0 aliphatic rings. The van der Waals surface area contributed by atoms with Crippen LogP contribution in [0, 0.1) is 16.7 Å². The first kappa shape index (κ1) is 11.9. The van der Waals surface area contributed by atoms with Crippen LogP contribution in [0.25, 0.3) is 0 Å². The average molecular weight is 183 g/mol. The third-order valence-corrected chi connectivity index (χ3v) is 1.69. The second-order valence-corrected chi connectivity index (χ2v) is 3.80. The van der Waals surface area contributed by atoms with Crippen molar-refractivity contribution < 1.29 is 4.79 Å². The van der Waals surface area contributed by atoms with Gasteiger partial charge in [0.1, 0.15) is 5.41 Å². The summed E-state index contributed by atoms with van der Waals surface area (Å²) in [5.74, 6) is -0.211. The zero-order chi connectivity index (χ0) is 10.5. The molecule has 0 radical (unpaired) electrons. The van der Waals surface area contributed by atoms with Crippen LogP contribution in [0.3, 0.4) is 0 Å². The van der Waals surface area contributed by atoms with Crippen LogP contribution in [0.2, 0.25) is 0 Å². The smallest absolute Gasteiger partial charge is 0.239 e. The summed E-state index contributed by atoms with van der Waals surface area (Å²) in [6, 6.07) is 1.95. The average Bonchev–Trinajstić information content (AvgIpc) is 2.03. The van der Waals surface area contributed by atoms with E-state index in [1.807, 2.05) is 25.1 Å². The Labute approximate surface area is 79.5 Å². The monoisotopic (exact) mass is 183 g/mol. The van der Waals surface area contributed by atoms with E-state index in [9.17, 15) is 4.79 Å². The van der Waals surface area contributed by atoms with Gasteiger partial charge in [-0.1, -0.05) is 0 Å². The molecule has 0 saturated carbocycles. The topological polar surface area (TPSA) is 56.1 Å². The van der Waals surface area contributed by atoms with Crippen molar-refractivity contribution in [2.45, 2.75) is 13.8 Å². The van der Waals surface area contributed by atoms with E-state index in [0.29, 0.717) is 6.54 Å². The molecule has 0 aromatic heterocycles. The molecule has 74 valence electrons. The molecule has 0 bridgehead atoms. The minimum atomic E-state index is -0.924. The standard InChI is InChI=1S/C9H17N3O/c1-9(2,7-10)8(13)11-5-6-12(3)4/h5-6H2,1-4H3,(H,11,13). The number of nitrogens with one attached hydrogen (secondary N) is 1. The number of hydrogen-bond donors (Lipinski definition) is 1. The fraction of sp³-hybridized carbons (Fsp3) is 0.778. The van der Waals surface area contributed by atoms with Crippen LogP contribution in [0.5, 0.6) is 0 Å². The molecule has 0 fully saturated rings. The molecule has 1 N–H and O–H groups in total. The predicted octanol–water partition coefficient (Wildman–Crippen LogP) is 0.214. The van der Waals surface area contributed by atoms with E-state index >= 15 is 0 Å². The van der Waals surface area contributed by atoms with Crippen LogP contribution in [0.15, 0.2) is 0 Å². The first-order valence-corrected chi connectivity index (χ1v) is 4.24. The zero-order valence-corrected chi connectivity index (χ0v) is 8.72. The first-order chi connectivity index (χ1) is 5.90. The summed E-state index contributed by atoms with van der Waals surface area (Å²) in [5, 5.41) is 11.4. The summed E-state index contributed by atoms with van der Waals surface area (Å²) in [6.07, 6.45) is 0. The fourth-order valence-corrected chi connectivity index (χ4v) is 0.665. The van der Waals surface area contributed by atoms with Crippen LogP contribution in [-0.2, 0) is 4.79 Å². The summed E-state index contributed by atoms with van der Waals surface area (Å²) in [7, 11) is 3.86. The van der Waals surface area contributed by atoms with Gasteiger partial charge in [-0.2, -0.15) is 5.26 Å². The molecule has 0 spiro atoms. The molecule has 0 unspecified atom stereocenters. The molecule has 0 heterocycles. The van der Waals surface area contributed by atoms with Gasteiger partial charge in [0.25, 0.3) is 0 Å². The summed E-state index contributed by atoms with van der Waals surface area (Å²) < 4.78 is 0. The van der Waals surface area contributed by atoms with E-state index in [1.165, 1.54) is 0 Å². The van der Waals surface area contributed by atoms with E-state index in [-0.39, 0.29) is 5.91 Å². The van der Waals surface area contributed by atoms with Gasteiger partial charge in [-0.05, 0) is 27.9 Å². The molecule has 0 rings (SSSR count). The zero-order valence-electron chi connectivity index (χ0n) is 8.72. The normalized spacial score (nSPS) is 11.1. The van der Waals surface area contributed by atoms with E-state index in [1.54, 1.807) is 13.8 Å². The molecule has 13 heavy (non-hydrogen) atoms. The second kappa shape index (κ2) is 4.83. The number of likely N-dealkylation sites (N-methyl/N-ethyl adjacent to an activating group) is 1. The Kier molecular flexibility index (Phi) is 4.43. The number of carbonyl (C=O) groups is 1. The van der Waals surface area contributed by atoms with Gasteiger partial charge in [0.15, 0.2) is 0 Å². The maximum absolute atomic E-state index is 11.3. The Morgan fingerprint density at radius 1 is 1.54 bits per heavy atom. The Hall–Kier alpha value is -1.08. The lowest BCUT2D eigenvalue weighted by Gasteiger charge is -2.16. The molecule has 4 heteroatoms. The Morgan fingerprint density at radius 3 is 2.46 bits per heavy atom. The molecule has 1 amide bonds. The van der Waals surface area contributed by atoms with Crippen LogP contribution in [0.4, 0.5) is 0 Å². The van der Waals surface area contributed by atoms with Crippen molar-refractivity contribution in [3.63, 3.8) is 0 Å². The first-order valence-electron chi connectivity index (χ1n) is 4.24. The molecule has 0 aromatic rings. The quantitative estimate of drug-likeness (QED) is 0.678. The van der Waals surface area contributed by atoms with Gasteiger partial charge in [0, 0.05) is 13.1 Å². The molecule has 0 aliphatic carbocycles. The number of nitriles is 1. The number of amides is 1. The van der Waals surface area contributed by atoms with Crippen LogP contribution < -0.4 is 5.32 Å². The lowest BCUT2D eigenvalue weighted by atomic mass is 9.95. The van der Waals surface area contributed by atoms with Gasteiger partial charge in [-0.25, -0.2) is 0 Å². The Bertz CT molecular complexity index is 215. The van der Waals surface area contributed by atoms with Crippen molar-refractivity contribution in [2.75, 3.05) is 27.2 Å². The highest BCUT2D eigenvalue weighted by Crippen LogP contribution is 2.11. The third kappa shape index (κ3) is 4.48. The van der Waals surface area contributed by atoms with Gasteiger partial charge in [0.2, 0.25) is 5.91 Å². The maximum Gasteiger partial charge on any atom is 0.239 e. The predicted molar refractivity (Wildman–Crippen MR) is 51.0 cm³/mol. The summed E-state index contributed by atoms with van der Waals surface area (Å²) in [4.78, 5) is 13.3. The number of carbonyl (C=O) groups excluding carboxylic acids is 1. The van der Waals surface area contributed by atoms with Crippen molar-refractivity contribution in [1.29, 1.82) is 5.26 Å². The lowest BCUT2D eigenvalue weighted by molar-refractivity contribution is -0.126. The van der Waals surface area contributed by atoms with Crippen LogP contribution in [-0.4, -0.2) is 38.0 Å². The number of hydrogen-bond acceptors (Lipinski definition) is 3. The highest BCUT2D eigenvalue weighted by atomic mass is 16.2. The van der Waals surface area contributed by atoms with Crippen LogP contribution in [0.1, 0.15) is 13.8 Å². The van der Waals surface area contributed by atoms with Gasteiger partial charge >= 0.3 is 0 Å². The Balaban J connectivity index is 3.84. The van der Waals surface area contributed by atoms with Crippen molar-refractivity contribution >= 4 is 5.91 Å². The number of rotatable bonds is 4. The fourth-order valence-electron chi connectivity index (χ4n) is 0.665. The molecular weight excluding hydrogens is 166 g/mol. The SMILES string of the molecule is CN(C)CCNC(=O)C(C)(C)C#N. The molecule has 0 atom stereocenters. The number of nitrogens with zero attached hydrogens (tertiary/aromatic N) is 2. The molecule has 0 aromatic carbocycles. The minimum absolute atomic E-state index is 0.211.